The second kappa shape index (κ2) is 7.10. The van der Waals surface area contributed by atoms with Crippen molar-refractivity contribution in [1.82, 2.24) is 0 Å². The van der Waals surface area contributed by atoms with Crippen molar-refractivity contribution in [3.8, 4) is 5.75 Å². The van der Waals surface area contributed by atoms with Gasteiger partial charge in [0.15, 0.2) is 15.6 Å². The molecule has 2 aromatic rings. The molecule has 0 aliphatic carbocycles. The standard InChI is InChI=1S/C19H16F3NO6S/c1-18(26,19(20,21)22)17(25)23-11-6-7-12-14(8-11)30(27,28)9-10-4-3-5-13(29-2)15(10)16(12)24/h3-8,26H,9H2,1-2H3,(H,23,25). The summed E-state index contributed by atoms with van der Waals surface area (Å²) in [4.78, 5) is 24.4. The minimum Gasteiger partial charge on any atom is -0.496 e. The third-order valence-corrected chi connectivity index (χ3v) is 6.42. The van der Waals surface area contributed by atoms with Gasteiger partial charge in [0.05, 0.1) is 23.3 Å². The van der Waals surface area contributed by atoms with Crippen molar-refractivity contribution in [3.63, 3.8) is 0 Å². The highest BCUT2D eigenvalue weighted by Gasteiger charge is 2.55. The van der Waals surface area contributed by atoms with Gasteiger partial charge in [-0.25, -0.2) is 8.42 Å². The number of fused-ring (bicyclic) bond motifs is 2. The first-order valence-corrected chi connectivity index (χ1v) is 10.1. The molecule has 1 aliphatic heterocycles. The number of sulfone groups is 1. The molecule has 1 aliphatic rings. The minimum absolute atomic E-state index is 0.0686. The van der Waals surface area contributed by atoms with Crippen LogP contribution in [0.15, 0.2) is 41.3 Å². The van der Waals surface area contributed by atoms with E-state index in [1.54, 1.807) is 0 Å². The number of halogens is 3. The quantitative estimate of drug-likeness (QED) is 0.754. The molecule has 3 rings (SSSR count). The van der Waals surface area contributed by atoms with Gasteiger partial charge in [-0.15, -0.1) is 0 Å². The number of aliphatic hydroxyl groups is 1. The van der Waals surface area contributed by atoms with Gasteiger partial charge >= 0.3 is 6.18 Å². The predicted octanol–water partition coefficient (Wildman–Crippen LogP) is 2.47. The van der Waals surface area contributed by atoms with Crippen LogP contribution in [-0.2, 0) is 20.4 Å². The van der Waals surface area contributed by atoms with Crippen LogP contribution in [0.3, 0.4) is 0 Å². The molecule has 11 heteroatoms. The van der Waals surface area contributed by atoms with E-state index in [1.165, 1.54) is 25.3 Å². The van der Waals surface area contributed by atoms with Gasteiger partial charge in [0, 0.05) is 11.3 Å². The Morgan fingerprint density at radius 2 is 1.87 bits per heavy atom. The van der Waals surface area contributed by atoms with Crippen molar-refractivity contribution >= 4 is 27.2 Å². The topological polar surface area (TPSA) is 110 Å². The number of ether oxygens (including phenoxy) is 1. The summed E-state index contributed by atoms with van der Waals surface area (Å²) in [7, 11) is -2.76. The lowest BCUT2D eigenvalue weighted by molar-refractivity contribution is -0.242. The van der Waals surface area contributed by atoms with Crippen LogP contribution < -0.4 is 10.1 Å². The van der Waals surface area contributed by atoms with Crippen molar-refractivity contribution < 1.29 is 41.0 Å². The normalized spacial score (nSPS) is 17.2. The number of carbonyl (C=O) groups is 2. The first-order valence-electron chi connectivity index (χ1n) is 8.47. The van der Waals surface area contributed by atoms with Gasteiger partial charge in [-0.3, -0.25) is 9.59 Å². The number of rotatable bonds is 3. The number of amides is 1. The van der Waals surface area contributed by atoms with E-state index in [1.807, 2.05) is 5.32 Å². The van der Waals surface area contributed by atoms with Crippen molar-refractivity contribution in [2.24, 2.45) is 0 Å². The lowest BCUT2D eigenvalue weighted by Crippen LogP contribution is -2.52. The summed E-state index contributed by atoms with van der Waals surface area (Å²) in [6.07, 6.45) is -5.25. The van der Waals surface area contributed by atoms with Gasteiger partial charge in [0.25, 0.3) is 5.91 Å². The number of methoxy groups -OCH3 is 1. The zero-order valence-corrected chi connectivity index (χ0v) is 16.5. The molecule has 160 valence electrons. The smallest absolute Gasteiger partial charge is 0.426 e. The monoisotopic (exact) mass is 443 g/mol. The van der Waals surface area contributed by atoms with Crippen LogP contribution in [0.25, 0.3) is 0 Å². The summed E-state index contributed by atoms with van der Waals surface area (Å²) >= 11 is 0. The summed E-state index contributed by atoms with van der Waals surface area (Å²) in [5.41, 5.74) is -3.95. The Kier molecular flexibility index (Phi) is 5.15. The highest BCUT2D eigenvalue weighted by Crippen LogP contribution is 2.36. The number of hydrogen-bond acceptors (Lipinski definition) is 6. The van der Waals surface area contributed by atoms with Crippen molar-refractivity contribution in [2.45, 2.75) is 29.3 Å². The lowest BCUT2D eigenvalue weighted by atomic mass is 9.98. The van der Waals surface area contributed by atoms with Crippen LogP contribution in [0.2, 0.25) is 0 Å². The molecule has 0 radical (unpaired) electrons. The number of carbonyl (C=O) groups excluding carboxylic acids is 2. The van der Waals surface area contributed by atoms with Gasteiger partial charge in [-0.1, -0.05) is 12.1 Å². The molecule has 7 nitrogen and oxygen atoms in total. The fraction of sp³-hybridized carbons (Fsp3) is 0.263. The third-order valence-electron chi connectivity index (χ3n) is 4.72. The van der Waals surface area contributed by atoms with E-state index in [0.717, 1.165) is 18.2 Å². The molecule has 2 aromatic carbocycles. The molecule has 0 spiro atoms. The SMILES string of the molecule is COc1cccc2c1C(=O)c1ccc(NC(=O)C(C)(O)C(F)(F)F)cc1S(=O)(=O)C2. The van der Waals surface area contributed by atoms with Crippen LogP contribution in [0.5, 0.6) is 5.75 Å². The van der Waals surface area contributed by atoms with E-state index in [-0.39, 0.29) is 35.1 Å². The van der Waals surface area contributed by atoms with Crippen LogP contribution >= 0.6 is 0 Å². The molecule has 1 unspecified atom stereocenters. The van der Waals surface area contributed by atoms with Crippen LogP contribution in [0, 0.1) is 0 Å². The van der Waals surface area contributed by atoms with Crippen LogP contribution in [-0.4, -0.2) is 44.1 Å². The Morgan fingerprint density at radius 1 is 1.20 bits per heavy atom. The number of nitrogens with one attached hydrogen (secondary N) is 1. The molecule has 0 saturated carbocycles. The number of ketones is 1. The maximum absolute atomic E-state index is 13.0. The Bertz CT molecular complexity index is 1160. The number of anilines is 1. The molecule has 0 fully saturated rings. The highest BCUT2D eigenvalue weighted by atomic mass is 32.2. The summed E-state index contributed by atoms with van der Waals surface area (Å²) in [6, 6.07) is 7.56. The molecule has 1 heterocycles. The van der Waals surface area contributed by atoms with E-state index >= 15 is 0 Å². The Hall–Kier alpha value is -2.92. The summed E-state index contributed by atoms with van der Waals surface area (Å²) in [5, 5.41) is 11.3. The summed E-state index contributed by atoms with van der Waals surface area (Å²) < 4.78 is 69.4. The second-order valence-corrected chi connectivity index (χ2v) is 8.78. The van der Waals surface area contributed by atoms with Crippen molar-refractivity contribution in [2.75, 3.05) is 12.4 Å². The third kappa shape index (κ3) is 3.54. The number of benzene rings is 2. The average molecular weight is 443 g/mol. The molecule has 0 aromatic heterocycles. The molecule has 0 bridgehead atoms. The molecular formula is C19H16F3NO6S. The van der Waals surface area contributed by atoms with Gasteiger partial charge in [-0.05, 0) is 36.8 Å². The Morgan fingerprint density at radius 3 is 2.47 bits per heavy atom. The summed E-state index contributed by atoms with van der Waals surface area (Å²) in [6.45, 7) is 0.273. The van der Waals surface area contributed by atoms with Gasteiger partial charge in [-0.2, -0.15) is 13.2 Å². The van der Waals surface area contributed by atoms with E-state index in [9.17, 15) is 36.3 Å². The molecular weight excluding hydrogens is 427 g/mol. The van der Waals surface area contributed by atoms with Crippen LogP contribution in [0.4, 0.5) is 18.9 Å². The van der Waals surface area contributed by atoms with Crippen molar-refractivity contribution in [3.05, 3.63) is 53.1 Å². The van der Waals surface area contributed by atoms with Gasteiger partial charge in [0.1, 0.15) is 5.75 Å². The first kappa shape index (κ1) is 21.8. The Labute approximate surface area is 169 Å². The summed E-state index contributed by atoms with van der Waals surface area (Å²) in [5.74, 6) is -2.80. The predicted molar refractivity (Wildman–Crippen MR) is 99.1 cm³/mol. The fourth-order valence-corrected chi connectivity index (χ4v) is 4.58. The molecule has 2 N–H and O–H groups in total. The average Bonchev–Trinajstić information content (AvgIpc) is 2.73. The first-order chi connectivity index (χ1) is 13.8. The van der Waals surface area contributed by atoms with E-state index in [4.69, 9.17) is 4.74 Å². The second-order valence-electron chi connectivity index (χ2n) is 6.82. The zero-order valence-electron chi connectivity index (χ0n) is 15.7. The number of alkyl halides is 3. The largest absolute Gasteiger partial charge is 0.496 e. The zero-order chi connectivity index (χ0) is 22.5. The molecule has 30 heavy (non-hydrogen) atoms. The minimum atomic E-state index is -5.25. The van der Waals surface area contributed by atoms with E-state index in [0.29, 0.717) is 0 Å². The van der Waals surface area contributed by atoms with E-state index < -0.39 is 44.0 Å². The highest BCUT2D eigenvalue weighted by molar-refractivity contribution is 7.90. The fourth-order valence-electron chi connectivity index (χ4n) is 2.97. The van der Waals surface area contributed by atoms with E-state index in [2.05, 4.69) is 0 Å². The van der Waals surface area contributed by atoms with Gasteiger partial charge in [0.2, 0.25) is 5.60 Å². The Balaban J connectivity index is 2.09. The maximum Gasteiger partial charge on any atom is 0.426 e. The maximum atomic E-state index is 13.0. The van der Waals surface area contributed by atoms with Crippen molar-refractivity contribution in [1.29, 1.82) is 0 Å². The molecule has 1 amide bonds. The number of hydrogen-bond donors (Lipinski definition) is 2. The van der Waals surface area contributed by atoms with Gasteiger partial charge < -0.3 is 15.2 Å². The lowest BCUT2D eigenvalue weighted by Gasteiger charge is -2.25. The molecule has 1 atom stereocenters. The van der Waals surface area contributed by atoms with Crippen LogP contribution in [0.1, 0.15) is 28.4 Å². The molecule has 0 saturated heterocycles.